The van der Waals surface area contributed by atoms with Crippen molar-refractivity contribution in [2.45, 2.75) is 44.5 Å². The first kappa shape index (κ1) is 33.4. The lowest BCUT2D eigenvalue weighted by molar-refractivity contribution is -0.885. The summed E-state index contributed by atoms with van der Waals surface area (Å²) in [5, 5.41) is 0.377. The highest BCUT2D eigenvalue weighted by Gasteiger charge is 2.43. The van der Waals surface area contributed by atoms with Crippen LogP contribution < -0.4 is 19.0 Å². The van der Waals surface area contributed by atoms with Crippen LogP contribution in [0.4, 0.5) is 8.78 Å². The fourth-order valence-electron chi connectivity index (χ4n) is 5.14. The molecule has 46 heavy (non-hydrogen) atoms. The zero-order valence-corrected chi connectivity index (χ0v) is 26.6. The summed E-state index contributed by atoms with van der Waals surface area (Å²) in [6.45, 7) is -3.51. The van der Waals surface area contributed by atoms with E-state index in [9.17, 15) is 23.2 Å². The number of hydrogen-bond acceptors (Lipinski definition) is 9. The van der Waals surface area contributed by atoms with Crippen molar-refractivity contribution in [3.63, 3.8) is 0 Å². The predicted octanol–water partition coefficient (Wildman–Crippen LogP) is 4.17. The summed E-state index contributed by atoms with van der Waals surface area (Å²) in [7, 11) is 4.29. The molecule has 11 nitrogen and oxygen atoms in total. The van der Waals surface area contributed by atoms with Crippen molar-refractivity contribution in [2.75, 3.05) is 34.5 Å². The molecule has 246 valence electrons. The van der Waals surface area contributed by atoms with Crippen molar-refractivity contribution in [2.24, 2.45) is 5.92 Å². The van der Waals surface area contributed by atoms with Crippen LogP contribution in [0.15, 0.2) is 53.6 Å². The van der Waals surface area contributed by atoms with Crippen molar-refractivity contribution in [1.82, 2.24) is 4.90 Å². The molecule has 2 amide bonds. The van der Waals surface area contributed by atoms with Crippen LogP contribution in [-0.4, -0.2) is 69.9 Å². The van der Waals surface area contributed by atoms with Crippen LogP contribution >= 0.6 is 23.2 Å². The summed E-state index contributed by atoms with van der Waals surface area (Å²) in [5.41, 5.74) is 1.03. The highest BCUT2D eigenvalue weighted by Crippen LogP contribution is 2.38. The first-order valence-corrected chi connectivity index (χ1v) is 15.0. The van der Waals surface area contributed by atoms with Crippen LogP contribution in [-0.2, 0) is 35.0 Å². The Balaban J connectivity index is 1.42. The van der Waals surface area contributed by atoms with E-state index in [1.54, 1.807) is 0 Å². The van der Waals surface area contributed by atoms with Gasteiger partial charge in [-0.25, -0.2) is 0 Å². The van der Waals surface area contributed by atoms with E-state index < -0.39 is 43.1 Å². The lowest BCUT2D eigenvalue weighted by Crippen LogP contribution is -2.40. The number of aromatic nitrogens is 1. The summed E-state index contributed by atoms with van der Waals surface area (Å²) < 4.78 is 54.6. The van der Waals surface area contributed by atoms with Crippen LogP contribution in [0.25, 0.3) is 0 Å². The van der Waals surface area contributed by atoms with Crippen LogP contribution in [0.3, 0.4) is 0 Å². The minimum atomic E-state index is -3.10. The molecule has 1 aromatic carbocycles. The third kappa shape index (κ3) is 7.37. The Morgan fingerprint density at radius 1 is 1.07 bits per heavy atom. The maximum absolute atomic E-state index is 13.4. The van der Waals surface area contributed by atoms with Gasteiger partial charge in [-0.2, -0.15) is 8.78 Å². The van der Waals surface area contributed by atoms with Crippen LogP contribution in [0.2, 0.25) is 10.0 Å². The molecule has 15 heteroatoms. The number of carbonyl (C=O) groups excluding carboxylic acids is 3. The number of amides is 2. The molecule has 0 N–H and O–H groups in total. The Morgan fingerprint density at radius 3 is 2.39 bits per heavy atom. The molecular formula is C31H31Cl2F2N2O9+. The van der Waals surface area contributed by atoms with Crippen LogP contribution in [0.1, 0.15) is 36.5 Å². The van der Waals surface area contributed by atoms with E-state index >= 15 is 0 Å². The third-order valence-electron chi connectivity index (χ3n) is 7.76. The van der Waals surface area contributed by atoms with Crippen molar-refractivity contribution in [3.05, 3.63) is 74.7 Å². The summed E-state index contributed by atoms with van der Waals surface area (Å²) >= 11 is 13.0. The standard InChI is InChI=1S/C31H31Cl2F2N2O9/c1-41-25-9-18-19(10-26(25)42-2)30(40)37(29(18)39)14-28(38)45-24(11-20-21(32)12-36(43-3)13-22(20)33)17-6-7-23(46-31(34)35)27(8-17)44-15-16-4-5-16/h6-9,12-13,16,24,26,31H,4-5,10-11,14-15H2,1-3H3/q+1. The van der Waals surface area contributed by atoms with Gasteiger partial charge in [-0.3, -0.25) is 24.1 Å². The molecule has 1 fully saturated rings. The topological polar surface area (TPSA) is 114 Å². The number of hydrogen-bond donors (Lipinski definition) is 0. The molecule has 2 aromatic rings. The molecule has 2 unspecified atom stereocenters. The Morgan fingerprint density at radius 2 is 1.78 bits per heavy atom. The van der Waals surface area contributed by atoms with Gasteiger partial charge in [-0.05, 0) is 42.5 Å². The number of rotatable bonds is 14. The maximum Gasteiger partial charge on any atom is 0.387 e. The van der Waals surface area contributed by atoms with E-state index in [0.717, 1.165) is 17.7 Å². The van der Waals surface area contributed by atoms with Crippen molar-refractivity contribution < 1.29 is 56.4 Å². The molecular weight excluding hydrogens is 653 g/mol. The Hall–Kier alpha value is -3.94. The monoisotopic (exact) mass is 683 g/mol. The molecule has 1 aromatic heterocycles. The average Bonchev–Trinajstić information content (AvgIpc) is 3.84. The Bertz CT molecular complexity index is 1570. The largest absolute Gasteiger partial charge is 0.498 e. The van der Waals surface area contributed by atoms with Crippen LogP contribution in [0.5, 0.6) is 11.5 Å². The van der Waals surface area contributed by atoms with E-state index in [1.165, 1.54) is 62.7 Å². The molecule has 0 radical (unpaired) electrons. The number of carbonyl (C=O) groups is 3. The van der Waals surface area contributed by atoms with E-state index in [1.807, 2.05) is 0 Å². The second-order valence-corrected chi connectivity index (χ2v) is 11.6. The van der Waals surface area contributed by atoms with E-state index in [-0.39, 0.29) is 45.5 Å². The van der Waals surface area contributed by atoms with Crippen molar-refractivity contribution in [3.8, 4) is 11.5 Å². The molecule has 0 spiro atoms. The molecule has 2 atom stereocenters. The minimum Gasteiger partial charge on any atom is -0.498 e. The van der Waals surface area contributed by atoms with Crippen molar-refractivity contribution >= 4 is 41.0 Å². The zero-order chi connectivity index (χ0) is 33.1. The van der Waals surface area contributed by atoms with Gasteiger partial charge < -0.3 is 23.7 Å². The molecule has 0 saturated heterocycles. The highest BCUT2D eigenvalue weighted by molar-refractivity contribution is 6.35. The zero-order valence-electron chi connectivity index (χ0n) is 25.1. The summed E-state index contributed by atoms with van der Waals surface area (Å²) in [5.74, 6) is -1.74. The van der Waals surface area contributed by atoms with Crippen LogP contribution in [0, 0.1) is 5.92 Å². The quantitative estimate of drug-likeness (QED) is 0.164. The average molecular weight is 684 g/mol. The highest BCUT2D eigenvalue weighted by atomic mass is 35.5. The van der Waals surface area contributed by atoms with Gasteiger partial charge in [0.05, 0.1) is 19.3 Å². The Labute approximate surface area is 273 Å². The molecule has 1 aliphatic heterocycles. The SMILES string of the molecule is COC1=CC2=C(CC1OC)C(=O)N(CC(=O)OC(Cc1c(Cl)c[n+](OC)cc1Cl)c1ccc(OC(F)F)c(OCC3CC3)c1)C2=O. The lowest BCUT2D eigenvalue weighted by Gasteiger charge is -2.22. The van der Waals surface area contributed by atoms with E-state index in [4.69, 9.17) is 47.0 Å². The van der Waals surface area contributed by atoms with Gasteiger partial charge in [0.1, 0.15) is 41.7 Å². The summed E-state index contributed by atoms with van der Waals surface area (Å²) in [6, 6.07) is 4.16. The van der Waals surface area contributed by atoms with E-state index in [2.05, 4.69) is 4.74 Å². The number of methoxy groups -OCH3 is 2. The van der Waals surface area contributed by atoms with Gasteiger partial charge in [0.2, 0.25) is 12.4 Å². The summed E-state index contributed by atoms with van der Waals surface area (Å²) in [4.78, 5) is 45.7. The third-order valence-corrected chi connectivity index (χ3v) is 8.42. The molecule has 3 aliphatic rings. The van der Waals surface area contributed by atoms with Gasteiger partial charge in [0, 0.05) is 35.8 Å². The van der Waals surface area contributed by atoms with Gasteiger partial charge >= 0.3 is 12.6 Å². The fourth-order valence-corrected chi connectivity index (χ4v) is 5.74. The number of nitrogens with zero attached hydrogens (tertiary/aromatic N) is 2. The second-order valence-electron chi connectivity index (χ2n) is 10.8. The summed E-state index contributed by atoms with van der Waals surface area (Å²) in [6.07, 6.45) is 4.59. The molecule has 1 saturated carbocycles. The molecule has 2 heterocycles. The number of esters is 1. The number of benzene rings is 1. The Kier molecular flexibility index (Phi) is 10.3. The van der Waals surface area contributed by atoms with Gasteiger partial charge in [-0.1, -0.05) is 29.3 Å². The molecule has 2 aliphatic carbocycles. The van der Waals surface area contributed by atoms with Gasteiger partial charge in [0.15, 0.2) is 11.5 Å². The van der Waals surface area contributed by atoms with Gasteiger partial charge in [0.25, 0.3) is 11.8 Å². The first-order valence-electron chi connectivity index (χ1n) is 14.2. The predicted molar refractivity (Wildman–Crippen MR) is 157 cm³/mol. The smallest absolute Gasteiger partial charge is 0.387 e. The van der Waals surface area contributed by atoms with E-state index in [0.29, 0.717) is 29.4 Å². The lowest BCUT2D eigenvalue weighted by atomic mass is 9.96. The minimum absolute atomic E-state index is 0.0310. The number of halogens is 4. The van der Waals surface area contributed by atoms with Crippen molar-refractivity contribution in [1.29, 1.82) is 0 Å². The second kappa shape index (κ2) is 14.2. The first-order chi connectivity index (χ1) is 22.0. The molecule has 0 bridgehead atoms. The molecule has 5 rings (SSSR count). The van der Waals surface area contributed by atoms with Gasteiger partial charge in [-0.15, -0.1) is 0 Å². The fraction of sp³-hybridized carbons (Fsp3) is 0.419. The number of ether oxygens (including phenoxy) is 5. The number of imide groups is 1. The number of pyridine rings is 1. The maximum atomic E-state index is 13.4. The normalized spacial score (nSPS) is 18.4. The number of alkyl halides is 2.